The minimum absolute atomic E-state index is 0.590. The summed E-state index contributed by atoms with van der Waals surface area (Å²) in [6, 6.07) is 8.27. The molecule has 3 aliphatic rings. The molecule has 27 heavy (non-hydrogen) atoms. The summed E-state index contributed by atoms with van der Waals surface area (Å²) >= 11 is 0. The molecule has 1 aromatic heterocycles. The lowest BCUT2D eigenvalue weighted by molar-refractivity contribution is 0.254. The molecule has 1 aromatic carbocycles. The summed E-state index contributed by atoms with van der Waals surface area (Å²) < 4.78 is 5.91. The Morgan fingerprint density at radius 3 is 2.93 bits per heavy atom. The Labute approximate surface area is 161 Å². The van der Waals surface area contributed by atoms with Crippen LogP contribution in [0.4, 0.5) is 0 Å². The molecule has 1 saturated carbocycles. The molecule has 2 aliphatic heterocycles. The highest BCUT2D eigenvalue weighted by Gasteiger charge is 2.23. The molecule has 0 radical (unpaired) electrons. The minimum atomic E-state index is 0.590. The van der Waals surface area contributed by atoms with E-state index < -0.39 is 0 Å². The van der Waals surface area contributed by atoms with Crippen LogP contribution in [0.25, 0.3) is 6.08 Å². The Kier molecular flexibility index (Phi) is 4.66. The van der Waals surface area contributed by atoms with Crippen molar-refractivity contribution in [3.63, 3.8) is 0 Å². The first-order chi connectivity index (χ1) is 13.3. The predicted molar refractivity (Wildman–Crippen MR) is 107 cm³/mol. The summed E-state index contributed by atoms with van der Waals surface area (Å²) in [5, 5.41) is 0. The molecule has 0 spiro atoms. The Morgan fingerprint density at radius 2 is 2.00 bits per heavy atom. The fourth-order valence-corrected chi connectivity index (χ4v) is 4.62. The average Bonchev–Trinajstić information content (AvgIpc) is 2.74. The molecule has 0 unspecified atom stereocenters. The van der Waals surface area contributed by atoms with Gasteiger partial charge in [-0.05, 0) is 30.6 Å². The second-order valence-electron chi connectivity index (χ2n) is 8.12. The van der Waals surface area contributed by atoms with Crippen molar-refractivity contribution in [1.82, 2.24) is 14.9 Å². The molecule has 0 atom stereocenters. The third-order valence-corrected chi connectivity index (χ3v) is 6.12. The molecule has 0 amide bonds. The van der Waals surface area contributed by atoms with Crippen LogP contribution in [0.1, 0.15) is 60.7 Å². The van der Waals surface area contributed by atoms with Crippen molar-refractivity contribution in [3.05, 3.63) is 58.7 Å². The summed E-state index contributed by atoms with van der Waals surface area (Å²) in [6.07, 6.45) is 12.0. The van der Waals surface area contributed by atoms with Crippen molar-refractivity contribution in [3.8, 4) is 5.75 Å². The van der Waals surface area contributed by atoms with Crippen LogP contribution in [0, 0.1) is 0 Å². The summed E-state index contributed by atoms with van der Waals surface area (Å²) in [6.45, 7) is 3.65. The normalized spacial score (nSPS) is 20.4. The number of ether oxygens (including phenoxy) is 1. The molecule has 5 rings (SSSR count). The highest BCUT2D eigenvalue weighted by molar-refractivity contribution is 5.62. The van der Waals surface area contributed by atoms with Crippen molar-refractivity contribution in [2.45, 2.75) is 51.0 Å². The van der Waals surface area contributed by atoms with E-state index in [9.17, 15) is 0 Å². The predicted octanol–water partition coefficient (Wildman–Crippen LogP) is 4.36. The molecule has 0 bridgehead atoms. The molecule has 1 aliphatic carbocycles. The van der Waals surface area contributed by atoms with Gasteiger partial charge in [0.25, 0.3) is 0 Å². The average molecular weight is 361 g/mol. The molecule has 140 valence electrons. The van der Waals surface area contributed by atoms with Crippen LogP contribution >= 0.6 is 0 Å². The van der Waals surface area contributed by atoms with E-state index in [0.717, 1.165) is 37.6 Å². The van der Waals surface area contributed by atoms with E-state index in [1.165, 1.54) is 54.5 Å². The quantitative estimate of drug-likeness (QED) is 0.814. The molecular formula is C23H27N3O. The summed E-state index contributed by atoms with van der Waals surface area (Å²) in [7, 11) is 0. The maximum absolute atomic E-state index is 5.91. The zero-order valence-corrected chi connectivity index (χ0v) is 15.9. The highest BCUT2D eigenvalue weighted by atomic mass is 16.5. The Bertz CT molecular complexity index is 854. The van der Waals surface area contributed by atoms with Gasteiger partial charge in [0, 0.05) is 55.0 Å². The van der Waals surface area contributed by atoms with Crippen LogP contribution < -0.4 is 4.74 Å². The van der Waals surface area contributed by atoms with Gasteiger partial charge in [0.2, 0.25) is 0 Å². The lowest BCUT2D eigenvalue weighted by atomic mass is 9.88. The second-order valence-corrected chi connectivity index (χ2v) is 8.12. The van der Waals surface area contributed by atoms with E-state index in [1.54, 1.807) is 0 Å². The lowest BCUT2D eigenvalue weighted by Crippen LogP contribution is -2.34. The van der Waals surface area contributed by atoms with Crippen molar-refractivity contribution in [2.75, 3.05) is 19.7 Å². The molecule has 3 heterocycles. The summed E-state index contributed by atoms with van der Waals surface area (Å²) in [5.41, 5.74) is 5.12. The SMILES string of the molecule is C1=C(CN2CCc3nc(C4CCCCC4)ncc3C2)COc2ccccc21. The van der Waals surface area contributed by atoms with E-state index in [4.69, 9.17) is 14.7 Å². The molecular weight excluding hydrogens is 334 g/mol. The van der Waals surface area contributed by atoms with Crippen LogP contribution in [0.5, 0.6) is 5.75 Å². The minimum Gasteiger partial charge on any atom is -0.489 e. The van der Waals surface area contributed by atoms with Crippen molar-refractivity contribution < 1.29 is 4.74 Å². The number of para-hydroxylation sites is 1. The number of aromatic nitrogens is 2. The highest BCUT2D eigenvalue weighted by Crippen LogP contribution is 2.32. The fourth-order valence-electron chi connectivity index (χ4n) is 4.62. The summed E-state index contributed by atoms with van der Waals surface area (Å²) in [5.74, 6) is 2.68. The third-order valence-electron chi connectivity index (χ3n) is 6.12. The van der Waals surface area contributed by atoms with Crippen LogP contribution in [0.15, 0.2) is 36.0 Å². The number of rotatable bonds is 3. The second kappa shape index (κ2) is 7.43. The molecule has 1 fully saturated rings. The van der Waals surface area contributed by atoms with Crippen LogP contribution in [0.2, 0.25) is 0 Å². The van der Waals surface area contributed by atoms with Gasteiger partial charge in [0.15, 0.2) is 0 Å². The Hall–Kier alpha value is -2.20. The van der Waals surface area contributed by atoms with Gasteiger partial charge in [-0.15, -0.1) is 0 Å². The number of nitrogens with zero attached hydrogens (tertiary/aromatic N) is 3. The molecule has 4 heteroatoms. The van der Waals surface area contributed by atoms with Gasteiger partial charge in [-0.3, -0.25) is 4.90 Å². The monoisotopic (exact) mass is 361 g/mol. The van der Waals surface area contributed by atoms with Crippen LogP contribution in [0.3, 0.4) is 0 Å². The third kappa shape index (κ3) is 3.63. The topological polar surface area (TPSA) is 38.2 Å². The number of fused-ring (bicyclic) bond motifs is 2. The van der Waals surface area contributed by atoms with Gasteiger partial charge < -0.3 is 4.74 Å². The van der Waals surface area contributed by atoms with E-state index in [0.29, 0.717) is 12.5 Å². The number of benzene rings is 1. The maximum atomic E-state index is 5.91. The van der Waals surface area contributed by atoms with Gasteiger partial charge in [-0.1, -0.05) is 37.5 Å². The zero-order valence-electron chi connectivity index (χ0n) is 15.9. The smallest absolute Gasteiger partial charge is 0.131 e. The van der Waals surface area contributed by atoms with Gasteiger partial charge in [-0.2, -0.15) is 0 Å². The van der Waals surface area contributed by atoms with E-state index in [-0.39, 0.29) is 0 Å². The van der Waals surface area contributed by atoms with Gasteiger partial charge >= 0.3 is 0 Å². The lowest BCUT2D eigenvalue weighted by Gasteiger charge is -2.30. The van der Waals surface area contributed by atoms with Crippen molar-refractivity contribution in [1.29, 1.82) is 0 Å². The van der Waals surface area contributed by atoms with E-state index in [1.807, 2.05) is 12.1 Å². The first-order valence-electron chi connectivity index (χ1n) is 10.3. The molecule has 0 N–H and O–H groups in total. The standard InChI is InChI=1S/C23H27N3O/c1-2-6-18(7-3-1)23-24-13-20-15-26(11-10-21(20)25-23)14-17-12-19-8-4-5-9-22(19)27-16-17/h4-5,8-9,12-13,18H,1-3,6-7,10-11,14-16H2. The van der Waals surface area contributed by atoms with E-state index in [2.05, 4.69) is 29.3 Å². The molecule has 4 nitrogen and oxygen atoms in total. The van der Waals surface area contributed by atoms with Crippen molar-refractivity contribution >= 4 is 6.08 Å². The van der Waals surface area contributed by atoms with Gasteiger partial charge in [-0.25, -0.2) is 9.97 Å². The van der Waals surface area contributed by atoms with Gasteiger partial charge in [0.05, 0.1) is 0 Å². The Morgan fingerprint density at radius 1 is 1.11 bits per heavy atom. The van der Waals surface area contributed by atoms with Gasteiger partial charge in [0.1, 0.15) is 18.2 Å². The van der Waals surface area contributed by atoms with E-state index >= 15 is 0 Å². The maximum Gasteiger partial charge on any atom is 0.131 e. The number of hydrogen-bond acceptors (Lipinski definition) is 4. The summed E-state index contributed by atoms with van der Waals surface area (Å²) in [4.78, 5) is 12.2. The number of hydrogen-bond donors (Lipinski definition) is 0. The van der Waals surface area contributed by atoms with Crippen LogP contribution in [-0.2, 0) is 13.0 Å². The fraction of sp³-hybridized carbons (Fsp3) is 0.478. The largest absolute Gasteiger partial charge is 0.489 e. The first-order valence-corrected chi connectivity index (χ1v) is 10.3. The Balaban J connectivity index is 1.27. The zero-order chi connectivity index (χ0) is 18.1. The van der Waals surface area contributed by atoms with Crippen LogP contribution in [-0.4, -0.2) is 34.6 Å². The van der Waals surface area contributed by atoms with Crippen molar-refractivity contribution in [2.24, 2.45) is 0 Å². The molecule has 0 saturated heterocycles. The molecule has 2 aromatic rings. The first kappa shape index (κ1) is 16.9.